The zero-order valence-corrected chi connectivity index (χ0v) is 10.3. The summed E-state index contributed by atoms with van der Waals surface area (Å²) in [7, 11) is 0. The maximum atomic E-state index is 11.0. The van der Waals surface area contributed by atoms with Crippen LogP contribution in [0, 0.1) is 6.92 Å². The van der Waals surface area contributed by atoms with Crippen LogP contribution in [0.3, 0.4) is 0 Å². The number of aliphatic carboxylic acids is 1. The molecule has 1 heterocycles. The Morgan fingerprint density at radius 3 is 2.94 bits per heavy atom. The van der Waals surface area contributed by atoms with Gasteiger partial charge in [-0.25, -0.2) is 0 Å². The summed E-state index contributed by atoms with van der Waals surface area (Å²) in [6.45, 7) is 2.09. The molecule has 1 aromatic carbocycles. The average Bonchev–Trinajstić information content (AvgIpc) is 2.82. The van der Waals surface area contributed by atoms with E-state index in [1.54, 1.807) is 11.3 Å². The molecule has 0 amide bonds. The first-order valence-corrected chi connectivity index (χ1v) is 6.45. The van der Waals surface area contributed by atoms with E-state index in [-0.39, 0.29) is 12.3 Å². The van der Waals surface area contributed by atoms with Crippen molar-refractivity contribution in [2.24, 2.45) is 0 Å². The Morgan fingerprint density at radius 2 is 2.18 bits per heavy atom. The van der Waals surface area contributed by atoms with Crippen LogP contribution in [0.2, 0.25) is 0 Å². The van der Waals surface area contributed by atoms with E-state index in [0.717, 1.165) is 0 Å². The minimum Gasteiger partial charge on any atom is -0.481 e. The number of hydrogen-bond donors (Lipinski definition) is 1. The van der Waals surface area contributed by atoms with Crippen LogP contribution in [0.15, 0.2) is 29.6 Å². The second kappa shape index (κ2) is 3.70. The van der Waals surface area contributed by atoms with Gasteiger partial charge in [-0.1, -0.05) is 18.2 Å². The highest BCUT2D eigenvalue weighted by Crippen LogP contribution is 2.50. The van der Waals surface area contributed by atoms with Crippen molar-refractivity contribution in [2.75, 3.05) is 0 Å². The Bertz CT molecular complexity index is 598. The van der Waals surface area contributed by atoms with Gasteiger partial charge in [-0.05, 0) is 40.6 Å². The van der Waals surface area contributed by atoms with Gasteiger partial charge in [0.2, 0.25) is 0 Å². The molecule has 1 aromatic heterocycles. The summed E-state index contributed by atoms with van der Waals surface area (Å²) in [6, 6.07) is 8.22. The van der Waals surface area contributed by atoms with Crippen LogP contribution in [0.5, 0.6) is 0 Å². The molecular formula is C14H12O2S. The molecule has 3 rings (SSSR count). The highest BCUT2D eigenvalue weighted by molar-refractivity contribution is 7.14. The lowest BCUT2D eigenvalue weighted by Gasteiger charge is -2.10. The third-order valence-corrected chi connectivity index (χ3v) is 4.31. The predicted octanol–water partition coefficient (Wildman–Crippen LogP) is 3.64. The SMILES string of the molecule is Cc1cccc2c1-c1sccc1C2CC(=O)O. The lowest BCUT2D eigenvalue weighted by molar-refractivity contribution is -0.137. The number of carbonyl (C=O) groups is 1. The van der Waals surface area contributed by atoms with Crippen LogP contribution in [0.25, 0.3) is 10.4 Å². The van der Waals surface area contributed by atoms with Gasteiger partial charge in [0.05, 0.1) is 6.42 Å². The fraction of sp³-hybridized carbons (Fsp3) is 0.214. The number of rotatable bonds is 2. The molecule has 2 aromatic rings. The van der Waals surface area contributed by atoms with Crippen molar-refractivity contribution in [1.29, 1.82) is 0 Å². The topological polar surface area (TPSA) is 37.3 Å². The summed E-state index contributed by atoms with van der Waals surface area (Å²) in [5.74, 6) is -0.704. The van der Waals surface area contributed by atoms with E-state index in [1.165, 1.54) is 27.1 Å². The molecule has 1 atom stereocenters. The van der Waals surface area contributed by atoms with Gasteiger partial charge in [-0.15, -0.1) is 11.3 Å². The van der Waals surface area contributed by atoms with Crippen molar-refractivity contribution < 1.29 is 9.90 Å². The van der Waals surface area contributed by atoms with Gasteiger partial charge < -0.3 is 5.11 Å². The van der Waals surface area contributed by atoms with Gasteiger partial charge in [0.25, 0.3) is 0 Å². The van der Waals surface area contributed by atoms with Crippen molar-refractivity contribution >= 4 is 17.3 Å². The molecule has 17 heavy (non-hydrogen) atoms. The number of thiophene rings is 1. The van der Waals surface area contributed by atoms with E-state index in [9.17, 15) is 4.79 Å². The van der Waals surface area contributed by atoms with Crippen LogP contribution in [-0.4, -0.2) is 11.1 Å². The molecule has 0 fully saturated rings. The minimum atomic E-state index is -0.735. The molecule has 0 saturated carbocycles. The molecule has 3 heteroatoms. The molecule has 86 valence electrons. The maximum Gasteiger partial charge on any atom is 0.304 e. The summed E-state index contributed by atoms with van der Waals surface area (Å²) in [5, 5.41) is 11.1. The van der Waals surface area contributed by atoms with Gasteiger partial charge in [-0.3, -0.25) is 4.79 Å². The number of carboxylic acids is 1. The normalized spacial score (nSPS) is 16.6. The first kappa shape index (κ1) is 10.5. The molecule has 0 bridgehead atoms. The number of hydrogen-bond acceptors (Lipinski definition) is 2. The number of fused-ring (bicyclic) bond motifs is 3. The lowest BCUT2D eigenvalue weighted by Crippen LogP contribution is -2.04. The van der Waals surface area contributed by atoms with Gasteiger partial charge in [0, 0.05) is 10.8 Å². The quantitative estimate of drug-likeness (QED) is 0.875. The van der Waals surface area contributed by atoms with Crippen molar-refractivity contribution in [3.05, 3.63) is 46.3 Å². The Labute approximate surface area is 104 Å². The van der Waals surface area contributed by atoms with Crippen LogP contribution >= 0.6 is 11.3 Å². The number of carboxylic acid groups (broad SMARTS) is 1. The van der Waals surface area contributed by atoms with Crippen molar-refractivity contribution in [2.45, 2.75) is 19.3 Å². The third-order valence-electron chi connectivity index (χ3n) is 3.36. The van der Waals surface area contributed by atoms with Gasteiger partial charge in [-0.2, -0.15) is 0 Å². The summed E-state index contributed by atoms with van der Waals surface area (Å²) in [4.78, 5) is 12.2. The second-order valence-electron chi connectivity index (χ2n) is 4.39. The maximum absolute atomic E-state index is 11.0. The Hall–Kier alpha value is -1.61. The van der Waals surface area contributed by atoms with Crippen LogP contribution in [0.1, 0.15) is 29.0 Å². The Kier molecular flexibility index (Phi) is 2.30. The van der Waals surface area contributed by atoms with Crippen molar-refractivity contribution in [3.8, 4) is 10.4 Å². The van der Waals surface area contributed by atoms with E-state index < -0.39 is 5.97 Å². The Morgan fingerprint density at radius 1 is 1.35 bits per heavy atom. The van der Waals surface area contributed by atoms with E-state index in [0.29, 0.717) is 0 Å². The standard InChI is InChI=1S/C14H12O2S/c1-8-3-2-4-9-11(7-12(15)16)10-5-6-17-14(10)13(8)9/h2-6,11H,7H2,1H3,(H,15,16). The molecule has 0 radical (unpaired) electrons. The molecule has 0 spiro atoms. The summed E-state index contributed by atoms with van der Waals surface area (Å²) in [5.41, 5.74) is 4.85. The highest BCUT2D eigenvalue weighted by Gasteiger charge is 2.31. The summed E-state index contributed by atoms with van der Waals surface area (Å²) in [6.07, 6.45) is 0.181. The molecule has 1 unspecified atom stereocenters. The van der Waals surface area contributed by atoms with Crippen LogP contribution in [0.4, 0.5) is 0 Å². The van der Waals surface area contributed by atoms with Gasteiger partial charge in [0.1, 0.15) is 0 Å². The largest absolute Gasteiger partial charge is 0.481 e. The Balaban J connectivity index is 2.22. The molecular weight excluding hydrogens is 232 g/mol. The average molecular weight is 244 g/mol. The monoisotopic (exact) mass is 244 g/mol. The smallest absolute Gasteiger partial charge is 0.304 e. The second-order valence-corrected chi connectivity index (χ2v) is 5.31. The third kappa shape index (κ3) is 1.50. The lowest BCUT2D eigenvalue weighted by atomic mass is 9.93. The first-order chi connectivity index (χ1) is 8.18. The highest BCUT2D eigenvalue weighted by atomic mass is 32.1. The predicted molar refractivity (Wildman–Crippen MR) is 68.6 cm³/mol. The molecule has 0 aliphatic heterocycles. The van der Waals surface area contributed by atoms with E-state index in [2.05, 4.69) is 30.5 Å². The first-order valence-electron chi connectivity index (χ1n) is 5.57. The molecule has 1 N–H and O–H groups in total. The van der Waals surface area contributed by atoms with E-state index in [1.807, 2.05) is 6.07 Å². The number of benzene rings is 1. The van der Waals surface area contributed by atoms with Gasteiger partial charge >= 0.3 is 5.97 Å². The van der Waals surface area contributed by atoms with Crippen LogP contribution < -0.4 is 0 Å². The minimum absolute atomic E-state index is 0.0312. The zero-order valence-electron chi connectivity index (χ0n) is 9.43. The fourth-order valence-corrected chi connectivity index (χ4v) is 3.74. The number of aryl methyl sites for hydroxylation is 1. The van der Waals surface area contributed by atoms with E-state index in [4.69, 9.17) is 5.11 Å². The van der Waals surface area contributed by atoms with Crippen molar-refractivity contribution in [3.63, 3.8) is 0 Å². The summed E-state index contributed by atoms with van der Waals surface area (Å²) >= 11 is 1.71. The molecule has 2 nitrogen and oxygen atoms in total. The zero-order chi connectivity index (χ0) is 12.0. The van der Waals surface area contributed by atoms with E-state index >= 15 is 0 Å². The van der Waals surface area contributed by atoms with Crippen LogP contribution in [-0.2, 0) is 4.79 Å². The molecule has 1 aliphatic carbocycles. The molecule has 0 saturated heterocycles. The fourth-order valence-electron chi connectivity index (χ4n) is 2.65. The van der Waals surface area contributed by atoms with Crippen molar-refractivity contribution in [1.82, 2.24) is 0 Å². The summed E-state index contributed by atoms with van der Waals surface area (Å²) < 4.78 is 0. The van der Waals surface area contributed by atoms with Gasteiger partial charge in [0.15, 0.2) is 0 Å². The molecule has 1 aliphatic rings.